The molecule has 0 fully saturated rings. The lowest BCUT2D eigenvalue weighted by molar-refractivity contribution is 0.374. The number of hydrogen-bond acceptors (Lipinski definition) is 10. The fraction of sp³-hybridized carbons (Fsp3) is 0.190. The van der Waals surface area contributed by atoms with Crippen LogP contribution < -0.4 is 31.5 Å². The molecule has 0 saturated carbocycles. The van der Waals surface area contributed by atoms with Gasteiger partial charge >= 0.3 is 0 Å². The molecule has 13 heteroatoms. The Morgan fingerprint density at radius 1 is 1.21 bits per heavy atom. The molecule has 12 nitrogen and oxygen atoms in total. The number of hydrazine groups is 1. The highest BCUT2D eigenvalue weighted by atomic mass is 19.1. The summed E-state index contributed by atoms with van der Waals surface area (Å²) in [6.07, 6.45) is 5.14. The average Bonchev–Trinajstić information content (AvgIpc) is 3.28. The Balaban J connectivity index is 1.86. The lowest BCUT2D eigenvalue weighted by Crippen LogP contribution is -2.34. The lowest BCUT2D eigenvalue weighted by atomic mass is 10.2. The molecule has 0 unspecified atom stereocenters. The second-order valence-electron chi connectivity index (χ2n) is 7.15. The molecule has 0 saturated heterocycles. The molecule has 0 amide bonds. The van der Waals surface area contributed by atoms with Crippen LogP contribution in [0.3, 0.4) is 0 Å². The second kappa shape index (κ2) is 9.54. The summed E-state index contributed by atoms with van der Waals surface area (Å²) < 4.78 is 27.5. The number of anilines is 2. The van der Waals surface area contributed by atoms with Crippen LogP contribution in [0.1, 0.15) is 0 Å². The molecule has 0 aliphatic rings. The number of hydrogen-bond donors (Lipinski definition) is 3. The number of methoxy groups -OCH3 is 2. The van der Waals surface area contributed by atoms with Crippen LogP contribution in [-0.4, -0.2) is 51.3 Å². The lowest BCUT2D eigenvalue weighted by Gasteiger charge is -2.25. The van der Waals surface area contributed by atoms with E-state index in [1.165, 1.54) is 31.3 Å². The van der Waals surface area contributed by atoms with Crippen molar-refractivity contribution in [2.24, 2.45) is 23.7 Å². The van der Waals surface area contributed by atoms with Crippen LogP contribution in [0.4, 0.5) is 15.9 Å². The van der Waals surface area contributed by atoms with Crippen molar-refractivity contribution in [3.05, 3.63) is 48.7 Å². The van der Waals surface area contributed by atoms with Gasteiger partial charge in [0.1, 0.15) is 22.9 Å². The third-order valence-electron chi connectivity index (χ3n) is 4.94. The number of halogens is 1. The molecule has 0 aliphatic heterocycles. The van der Waals surface area contributed by atoms with Gasteiger partial charge in [-0.05, 0) is 12.1 Å². The number of benzene rings is 1. The first-order chi connectivity index (χ1) is 16.4. The van der Waals surface area contributed by atoms with E-state index in [1.807, 2.05) is 13.2 Å². The van der Waals surface area contributed by atoms with Gasteiger partial charge in [-0.25, -0.2) is 25.7 Å². The number of aromatic nitrogens is 5. The first kappa shape index (κ1) is 22.7. The second-order valence-corrected chi connectivity index (χ2v) is 7.15. The molecular formula is C21H23FN10O2. The first-order valence-electron chi connectivity index (χ1n) is 10.0. The van der Waals surface area contributed by atoms with Gasteiger partial charge in [-0.2, -0.15) is 10.2 Å². The van der Waals surface area contributed by atoms with Crippen LogP contribution in [0.25, 0.3) is 22.4 Å². The van der Waals surface area contributed by atoms with Gasteiger partial charge in [0.2, 0.25) is 0 Å². The van der Waals surface area contributed by atoms with E-state index in [0.717, 1.165) is 5.56 Å². The number of pyridine rings is 1. The Labute approximate surface area is 194 Å². The molecular weight excluding hydrogens is 443 g/mol. The molecule has 34 heavy (non-hydrogen) atoms. The molecule has 0 bridgehead atoms. The van der Waals surface area contributed by atoms with Gasteiger partial charge in [0.25, 0.3) is 0 Å². The van der Waals surface area contributed by atoms with Crippen LogP contribution in [0, 0.1) is 5.82 Å². The van der Waals surface area contributed by atoms with Crippen LogP contribution >= 0.6 is 0 Å². The predicted octanol–water partition coefficient (Wildman–Crippen LogP) is 1.46. The van der Waals surface area contributed by atoms with E-state index in [9.17, 15) is 0 Å². The van der Waals surface area contributed by atoms with Crippen LogP contribution in [0.2, 0.25) is 0 Å². The smallest absolute Gasteiger partial charge is 0.188 e. The Morgan fingerprint density at radius 3 is 2.71 bits per heavy atom. The van der Waals surface area contributed by atoms with Gasteiger partial charge in [-0.15, -0.1) is 0 Å². The van der Waals surface area contributed by atoms with Crippen molar-refractivity contribution < 1.29 is 13.9 Å². The minimum absolute atomic E-state index is 0.00810. The van der Waals surface area contributed by atoms with Gasteiger partial charge < -0.3 is 20.1 Å². The molecule has 4 aromatic rings. The summed E-state index contributed by atoms with van der Waals surface area (Å²) in [5, 5.41) is 7.94. The Hall–Kier alpha value is -4.52. The maximum Gasteiger partial charge on any atom is 0.188 e. The molecule has 176 valence electrons. The minimum atomic E-state index is -0.631. The number of rotatable bonds is 8. The summed E-state index contributed by atoms with van der Waals surface area (Å²) in [5.74, 6) is 5.43. The van der Waals surface area contributed by atoms with Gasteiger partial charge in [-0.1, -0.05) is 0 Å². The van der Waals surface area contributed by atoms with E-state index in [0.29, 0.717) is 28.4 Å². The van der Waals surface area contributed by atoms with Crippen molar-refractivity contribution >= 4 is 28.5 Å². The number of hydrazone groups is 1. The zero-order valence-corrected chi connectivity index (χ0v) is 18.7. The molecule has 0 radical (unpaired) electrons. The first-order valence-corrected chi connectivity index (χ1v) is 10.0. The van der Waals surface area contributed by atoms with Gasteiger partial charge in [0.15, 0.2) is 17.2 Å². The van der Waals surface area contributed by atoms with Crippen molar-refractivity contribution in [2.75, 3.05) is 25.7 Å². The Morgan fingerprint density at radius 2 is 2.03 bits per heavy atom. The van der Waals surface area contributed by atoms with E-state index in [-0.39, 0.29) is 23.8 Å². The molecule has 0 aliphatic carbocycles. The zero-order chi connectivity index (χ0) is 24.2. The molecule has 3 aromatic heterocycles. The zero-order valence-electron chi connectivity index (χ0n) is 18.7. The van der Waals surface area contributed by atoms with Crippen molar-refractivity contribution in [1.82, 2.24) is 30.3 Å². The van der Waals surface area contributed by atoms with Crippen molar-refractivity contribution in [3.63, 3.8) is 0 Å². The quantitative estimate of drug-likeness (QED) is 0.150. The highest BCUT2D eigenvalue weighted by Crippen LogP contribution is 2.36. The maximum atomic E-state index is 15.4. The average molecular weight is 466 g/mol. The Bertz CT molecular complexity index is 1360. The highest BCUT2D eigenvalue weighted by Gasteiger charge is 2.22. The summed E-state index contributed by atoms with van der Waals surface area (Å²) in [6, 6.07) is 6.35. The fourth-order valence-electron chi connectivity index (χ4n) is 3.32. The maximum absolute atomic E-state index is 15.4. The fourth-order valence-corrected chi connectivity index (χ4v) is 3.32. The van der Waals surface area contributed by atoms with Crippen LogP contribution in [0.15, 0.2) is 48.0 Å². The van der Waals surface area contributed by atoms with Crippen LogP contribution in [-0.2, 0) is 7.05 Å². The van der Waals surface area contributed by atoms with E-state index < -0.39 is 5.82 Å². The third-order valence-corrected chi connectivity index (χ3v) is 4.94. The van der Waals surface area contributed by atoms with Crippen molar-refractivity contribution in [1.29, 1.82) is 0 Å². The van der Waals surface area contributed by atoms with Gasteiger partial charge in [-0.3, -0.25) is 9.67 Å². The minimum Gasteiger partial charge on any atom is -0.497 e. The normalized spacial score (nSPS) is 11.5. The van der Waals surface area contributed by atoms with Gasteiger partial charge in [0.05, 0.1) is 44.5 Å². The van der Waals surface area contributed by atoms with E-state index in [1.54, 1.807) is 29.2 Å². The van der Waals surface area contributed by atoms with Crippen molar-refractivity contribution in [2.45, 2.75) is 0 Å². The molecule has 3 heterocycles. The van der Waals surface area contributed by atoms with Gasteiger partial charge in [0, 0.05) is 30.9 Å². The number of nitrogens with one attached hydrogen (secondary N) is 1. The number of nitrogens with zero attached hydrogens (tertiary/aromatic N) is 7. The Kier molecular flexibility index (Phi) is 6.36. The van der Waals surface area contributed by atoms with E-state index in [4.69, 9.17) is 21.1 Å². The SMILES string of the molecule is COc1cc(OC)c(F)c(N(C/C(N)=N/NN)c2ccc3ncc(-c4cnn(C)c4)nc3n2)c1. The number of ether oxygens (including phenoxy) is 2. The molecule has 0 spiro atoms. The molecule has 1 aromatic carbocycles. The molecule has 5 N–H and O–H groups in total. The summed E-state index contributed by atoms with van der Waals surface area (Å²) in [5.41, 5.74) is 10.5. The number of nitrogens with two attached hydrogens (primary N) is 2. The summed E-state index contributed by atoms with van der Waals surface area (Å²) in [6.45, 7) is -0.0499. The third kappa shape index (κ3) is 4.49. The number of amidine groups is 1. The summed E-state index contributed by atoms with van der Waals surface area (Å²) >= 11 is 0. The topological polar surface area (TPSA) is 155 Å². The monoisotopic (exact) mass is 466 g/mol. The number of fused-ring (bicyclic) bond motifs is 1. The predicted molar refractivity (Wildman–Crippen MR) is 125 cm³/mol. The largest absolute Gasteiger partial charge is 0.497 e. The molecule has 4 rings (SSSR count). The molecule has 0 atom stereocenters. The summed E-state index contributed by atoms with van der Waals surface area (Å²) in [7, 11) is 4.65. The van der Waals surface area contributed by atoms with E-state index in [2.05, 4.69) is 30.7 Å². The highest BCUT2D eigenvalue weighted by molar-refractivity contribution is 5.88. The van der Waals surface area contributed by atoms with Crippen LogP contribution in [0.5, 0.6) is 11.5 Å². The number of aryl methyl sites for hydroxylation is 1. The standard InChI is InChI=1S/C21H23FN10O2/c1-31-10-12(8-26-31)15-9-25-14-4-5-19(28-21(14)27-15)32(11-18(23)29-30-24)16-6-13(33-2)7-17(34-3)20(16)22/h4-10,30H,11,24H2,1-3H3,(H2,23,29). The van der Waals surface area contributed by atoms with E-state index >= 15 is 4.39 Å². The van der Waals surface area contributed by atoms with Crippen molar-refractivity contribution in [3.8, 4) is 22.8 Å². The summed E-state index contributed by atoms with van der Waals surface area (Å²) in [4.78, 5) is 15.2.